The molecule has 1 aliphatic heterocycles. The van der Waals surface area contributed by atoms with Gasteiger partial charge in [-0.25, -0.2) is 0 Å². The fraction of sp³-hybridized carbons (Fsp3) is 0.500. The molecular formula is C4H6B2NO2P2. The van der Waals surface area contributed by atoms with Gasteiger partial charge in [0.15, 0.2) is 7.00 Å². The van der Waals surface area contributed by atoms with Crippen LogP contribution in [0.2, 0.25) is 5.82 Å². The predicted molar refractivity (Wildman–Crippen MR) is 50.2 cm³/mol. The van der Waals surface area contributed by atoms with Gasteiger partial charge in [0.1, 0.15) is 7.57 Å². The van der Waals surface area contributed by atoms with Crippen molar-refractivity contribution < 1.29 is 9.59 Å². The van der Waals surface area contributed by atoms with Crippen molar-refractivity contribution in [3.8, 4) is 0 Å². The smallest absolute Gasteiger partial charge is 0.232 e. The lowest BCUT2D eigenvalue weighted by Gasteiger charge is -2.08. The van der Waals surface area contributed by atoms with E-state index in [1.165, 1.54) is 0 Å². The zero-order valence-corrected chi connectivity index (χ0v) is 7.86. The maximum atomic E-state index is 11.0. The van der Waals surface area contributed by atoms with Gasteiger partial charge in [0, 0.05) is 5.82 Å². The second-order valence-electron chi connectivity index (χ2n) is 2.22. The molecule has 1 saturated heterocycles. The SMILES string of the molecule is [B]PC1C(=O)NC(=O)C1[B]P. The summed E-state index contributed by atoms with van der Waals surface area (Å²) in [6, 6.07) is 0. The van der Waals surface area contributed by atoms with Crippen LogP contribution in [0.3, 0.4) is 0 Å². The second kappa shape index (κ2) is 3.69. The molecule has 1 rings (SSSR count). The molecule has 0 aromatic carbocycles. The number of hydrogen-bond acceptors (Lipinski definition) is 2. The molecule has 1 heterocycles. The van der Waals surface area contributed by atoms with Crippen LogP contribution < -0.4 is 5.32 Å². The fourth-order valence-electron chi connectivity index (χ4n) is 0.975. The van der Waals surface area contributed by atoms with Crippen LogP contribution in [0.1, 0.15) is 0 Å². The molecule has 0 aromatic rings. The predicted octanol–water partition coefficient (Wildman–Crippen LogP) is -0.944. The summed E-state index contributed by atoms with van der Waals surface area (Å²) >= 11 is 0. The maximum absolute atomic E-state index is 11.0. The van der Waals surface area contributed by atoms with Crippen molar-refractivity contribution in [2.24, 2.45) is 0 Å². The van der Waals surface area contributed by atoms with E-state index >= 15 is 0 Å². The molecule has 0 aromatic heterocycles. The molecule has 4 atom stereocenters. The van der Waals surface area contributed by atoms with Gasteiger partial charge in [-0.05, 0) is 0 Å². The van der Waals surface area contributed by atoms with Crippen LogP contribution in [0.15, 0.2) is 0 Å². The Balaban J connectivity index is 2.74. The molecule has 3 radical (unpaired) electrons. The molecule has 0 spiro atoms. The van der Waals surface area contributed by atoms with Gasteiger partial charge in [0.05, 0.1) is 5.66 Å². The Morgan fingerprint density at radius 3 is 2.55 bits per heavy atom. The minimum Gasteiger partial charge on any atom is -0.296 e. The summed E-state index contributed by atoms with van der Waals surface area (Å²) in [7, 11) is 7.65. The quantitative estimate of drug-likeness (QED) is 0.341. The van der Waals surface area contributed by atoms with Crippen molar-refractivity contribution in [1.82, 2.24) is 5.32 Å². The van der Waals surface area contributed by atoms with Gasteiger partial charge in [-0.1, -0.05) is 0 Å². The Bertz CT molecular complexity index is 181. The molecule has 11 heavy (non-hydrogen) atoms. The van der Waals surface area contributed by atoms with Gasteiger partial charge < -0.3 is 0 Å². The Kier molecular flexibility index (Phi) is 3.09. The highest BCUT2D eigenvalue weighted by atomic mass is 31.1. The summed E-state index contributed by atoms with van der Waals surface area (Å²) in [6.45, 7) is 1.63. The lowest BCUT2D eigenvalue weighted by atomic mass is 9.84. The van der Waals surface area contributed by atoms with E-state index in [4.69, 9.17) is 7.57 Å². The number of carbonyl (C=O) groups excluding carboxylic acids is 2. The molecule has 0 saturated carbocycles. The molecule has 1 N–H and O–H groups in total. The van der Waals surface area contributed by atoms with E-state index in [-0.39, 0.29) is 31.7 Å². The highest BCUT2D eigenvalue weighted by Crippen LogP contribution is 2.31. The zero-order chi connectivity index (χ0) is 8.43. The van der Waals surface area contributed by atoms with Crippen molar-refractivity contribution in [2.45, 2.75) is 11.5 Å². The third-order valence-electron chi connectivity index (χ3n) is 1.58. The number of rotatable bonds is 2. The Labute approximate surface area is 71.0 Å². The number of amides is 2. The molecule has 2 amide bonds. The Morgan fingerprint density at radius 1 is 1.55 bits per heavy atom. The first-order valence-corrected chi connectivity index (χ1v) is 4.88. The second-order valence-corrected chi connectivity index (χ2v) is 3.56. The van der Waals surface area contributed by atoms with Crippen LogP contribution in [-0.2, 0) is 9.59 Å². The van der Waals surface area contributed by atoms with Crippen LogP contribution in [0.4, 0.5) is 0 Å². The normalized spacial score (nSPS) is 31.4. The lowest BCUT2D eigenvalue weighted by molar-refractivity contribution is -0.124. The van der Waals surface area contributed by atoms with Crippen molar-refractivity contribution in [3.05, 3.63) is 0 Å². The van der Waals surface area contributed by atoms with Gasteiger partial charge in [0.2, 0.25) is 11.8 Å². The molecule has 1 aliphatic rings. The highest BCUT2D eigenvalue weighted by Gasteiger charge is 2.38. The van der Waals surface area contributed by atoms with Crippen LogP contribution in [-0.4, -0.2) is 32.0 Å². The van der Waals surface area contributed by atoms with Crippen LogP contribution in [0, 0.1) is 0 Å². The Hall–Kier alpha value is 0.130. The molecule has 0 bridgehead atoms. The Morgan fingerprint density at radius 2 is 2.18 bits per heavy atom. The first-order valence-electron chi connectivity index (χ1n) is 3.06. The van der Waals surface area contributed by atoms with Crippen molar-refractivity contribution in [3.63, 3.8) is 0 Å². The third-order valence-corrected chi connectivity index (χ3v) is 2.97. The van der Waals surface area contributed by atoms with E-state index in [2.05, 4.69) is 14.4 Å². The minimum atomic E-state index is -0.351. The van der Waals surface area contributed by atoms with Crippen molar-refractivity contribution in [2.75, 3.05) is 0 Å². The van der Waals surface area contributed by atoms with E-state index in [1.54, 1.807) is 7.00 Å². The summed E-state index contributed by atoms with van der Waals surface area (Å²) in [6.07, 6.45) is 0. The topological polar surface area (TPSA) is 46.2 Å². The molecule has 1 fully saturated rings. The standard InChI is InChI=1S/C4H6B2NO2P2/c5-11-2-1(6-10)3(8)7-4(2)9/h1-2,11H,10H2,(H,7,8,9). The number of carbonyl (C=O) groups is 2. The summed E-state index contributed by atoms with van der Waals surface area (Å²) in [5, 5.41) is 2.22. The van der Waals surface area contributed by atoms with E-state index in [1.807, 2.05) is 0 Å². The van der Waals surface area contributed by atoms with E-state index < -0.39 is 0 Å². The van der Waals surface area contributed by atoms with Gasteiger partial charge in [-0.2, -0.15) is 17.6 Å². The average molecular weight is 184 g/mol. The van der Waals surface area contributed by atoms with Gasteiger partial charge in [-0.3, -0.25) is 14.9 Å². The van der Waals surface area contributed by atoms with Gasteiger partial charge >= 0.3 is 0 Å². The number of hydrogen-bond donors (Lipinski definition) is 1. The van der Waals surface area contributed by atoms with E-state index in [0.29, 0.717) is 0 Å². The van der Waals surface area contributed by atoms with Crippen molar-refractivity contribution in [1.29, 1.82) is 0 Å². The maximum Gasteiger partial charge on any atom is 0.232 e. The van der Waals surface area contributed by atoms with Crippen LogP contribution in [0.5, 0.6) is 0 Å². The number of imide groups is 1. The molecule has 3 nitrogen and oxygen atoms in total. The van der Waals surface area contributed by atoms with Crippen molar-refractivity contribution >= 4 is 44.0 Å². The molecule has 0 aliphatic carbocycles. The van der Waals surface area contributed by atoms with E-state index in [9.17, 15) is 9.59 Å². The minimum absolute atomic E-state index is 0.0126. The lowest BCUT2D eigenvalue weighted by Crippen LogP contribution is -2.22. The first kappa shape index (κ1) is 9.22. The average Bonchev–Trinajstić information content (AvgIpc) is 2.24. The number of nitrogens with one attached hydrogen (secondary N) is 1. The third kappa shape index (κ3) is 1.65. The molecular weight excluding hydrogens is 178 g/mol. The largest absolute Gasteiger partial charge is 0.296 e. The van der Waals surface area contributed by atoms with Crippen LogP contribution in [0.25, 0.3) is 0 Å². The molecule has 4 unspecified atom stereocenters. The van der Waals surface area contributed by atoms with Gasteiger partial charge in [-0.15, -0.1) is 0 Å². The fourth-order valence-corrected chi connectivity index (χ4v) is 2.29. The summed E-state index contributed by atoms with van der Waals surface area (Å²) in [5.41, 5.74) is -0.347. The molecule has 7 heteroatoms. The molecule has 55 valence electrons. The monoisotopic (exact) mass is 184 g/mol. The summed E-state index contributed by atoms with van der Waals surface area (Å²) in [4.78, 5) is 21.9. The summed E-state index contributed by atoms with van der Waals surface area (Å²) < 4.78 is 0. The summed E-state index contributed by atoms with van der Waals surface area (Å²) in [5.74, 6) is -0.844. The first-order chi connectivity index (χ1) is 5.20. The highest BCUT2D eigenvalue weighted by molar-refractivity contribution is 7.68. The van der Waals surface area contributed by atoms with E-state index in [0.717, 1.165) is 0 Å². The van der Waals surface area contributed by atoms with Crippen LogP contribution >= 0.6 is 17.6 Å². The zero-order valence-electron chi connectivity index (χ0n) is 5.70. The van der Waals surface area contributed by atoms with Gasteiger partial charge in [0.25, 0.3) is 0 Å².